The first-order valence-corrected chi connectivity index (χ1v) is 11.4. The number of anilines is 1. The molecule has 3 N–H and O–H groups in total. The maximum absolute atomic E-state index is 12.8. The first kappa shape index (κ1) is 24.0. The quantitative estimate of drug-likeness (QED) is 0.524. The number of aliphatic hydroxyl groups excluding tert-OH is 1. The minimum atomic E-state index is -1.40. The fraction of sp³-hybridized carbons (Fsp3) is 0.440. The van der Waals surface area contributed by atoms with Gasteiger partial charge in [-0.15, -0.1) is 0 Å². The molecule has 4 rings (SSSR count). The Bertz CT molecular complexity index is 1070. The van der Waals surface area contributed by atoms with E-state index < -0.39 is 18.4 Å². The monoisotopic (exact) mass is 470 g/mol. The Morgan fingerprint density at radius 3 is 2.68 bits per heavy atom. The molecule has 182 valence electrons. The predicted octanol–water partition coefficient (Wildman–Crippen LogP) is 3.30. The number of rotatable bonds is 7. The number of aromatic carboxylic acids is 1. The molecule has 9 nitrogen and oxygen atoms in total. The van der Waals surface area contributed by atoms with Crippen LogP contribution in [-0.4, -0.2) is 59.8 Å². The van der Waals surface area contributed by atoms with Crippen LogP contribution in [0.25, 0.3) is 0 Å². The second kappa shape index (κ2) is 10.0. The fourth-order valence-electron chi connectivity index (χ4n) is 4.85. The van der Waals surface area contributed by atoms with Crippen LogP contribution in [0.3, 0.4) is 0 Å². The molecule has 0 bridgehead atoms. The first-order chi connectivity index (χ1) is 16.3. The summed E-state index contributed by atoms with van der Waals surface area (Å²) in [4.78, 5) is 26.4. The normalized spacial score (nSPS) is 22.5. The lowest BCUT2D eigenvalue weighted by Gasteiger charge is -2.40. The molecule has 0 saturated carbocycles. The van der Waals surface area contributed by atoms with Crippen LogP contribution in [0.1, 0.15) is 63.2 Å². The van der Waals surface area contributed by atoms with Gasteiger partial charge < -0.3 is 29.7 Å². The van der Waals surface area contributed by atoms with E-state index in [9.17, 15) is 19.8 Å². The Morgan fingerprint density at radius 1 is 1.29 bits per heavy atom. The summed E-state index contributed by atoms with van der Waals surface area (Å²) < 4.78 is 16.6. The number of esters is 1. The molecule has 34 heavy (non-hydrogen) atoms. The molecule has 2 aromatic carbocycles. The van der Waals surface area contributed by atoms with Crippen molar-refractivity contribution in [3.63, 3.8) is 0 Å². The molecule has 0 aliphatic carbocycles. The molecule has 1 unspecified atom stereocenters. The highest BCUT2D eigenvalue weighted by atomic mass is 16.7. The van der Waals surface area contributed by atoms with Gasteiger partial charge in [0.15, 0.2) is 0 Å². The van der Waals surface area contributed by atoms with Gasteiger partial charge in [-0.1, -0.05) is 12.1 Å². The summed E-state index contributed by atoms with van der Waals surface area (Å²) in [6.45, 7) is 5.55. The molecule has 2 aliphatic heterocycles. The van der Waals surface area contributed by atoms with Gasteiger partial charge in [0.2, 0.25) is 0 Å². The lowest BCUT2D eigenvalue weighted by molar-refractivity contribution is -0.0507. The van der Waals surface area contributed by atoms with Crippen LogP contribution >= 0.6 is 0 Å². The molecule has 2 aromatic rings. The fourth-order valence-corrected chi connectivity index (χ4v) is 4.85. The Hall–Kier alpha value is -3.14. The van der Waals surface area contributed by atoms with Crippen LogP contribution < -0.4 is 10.1 Å². The van der Waals surface area contributed by atoms with Crippen molar-refractivity contribution >= 4 is 17.6 Å². The maximum atomic E-state index is 12.8. The third kappa shape index (κ3) is 4.72. The number of cyclic esters (lactones) is 1. The molecule has 2 heterocycles. The van der Waals surface area contributed by atoms with Crippen LogP contribution in [-0.2, 0) is 16.0 Å². The molecule has 0 aromatic heterocycles. The number of carbonyl (C=O) groups is 2. The number of piperidine rings is 1. The van der Waals surface area contributed by atoms with Crippen molar-refractivity contribution in [2.24, 2.45) is 0 Å². The van der Waals surface area contributed by atoms with E-state index in [0.29, 0.717) is 42.3 Å². The van der Waals surface area contributed by atoms with E-state index in [2.05, 4.69) is 10.2 Å². The number of carboxylic acid groups (broad SMARTS) is 1. The van der Waals surface area contributed by atoms with Crippen molar-refractivity contribution in [1.29, 1.82) is 0 Å². The lowest BCUT2D eigenvalue weighted by atomic mass is 9.91. The van der Waals surface area contributed by atoms with Crippen LogP contribution in [0.15, 0.2) is 30.3 Å². The smallest absolute Gasteiger partial charge is 0.344 e. The largest absolute Gasteiger partial charge is 0.496 e. The Kier molecular flexibility index (Phi) is 7.06. The summed E-state index contributed by atoms with van der Waals surface area (Å²) >= 11 is 0. The van der Waals surface area contributed by atoms with Crippen LogP contribution in [0.5, 0.6) is 5.75 Å². The molecule has 1 saturated heterocycles. The van der Waals surface area contributed by atoms with Crippen LogP contribution in [0.4, 0.5) is 5.69 Å². The standard InChI is InChI=1S/C25H30N2O7/c1-4-33-17-9-10-27(19(12-17)15-5-7-16(8-6-15)23(28)29)13-18-20(32-3)11-14(2)22-21(18)24(30)34-25(31)26-22/h5-8,11,17,19,25-26,31H,4,9-10,12-13H2,1-3H3,(H,28,29)/t17-,19-,25?/m0/s1. The summed E-state index contributed by atoms with van der Waals surface area (Å²) in [5.41, 5.74) is 3.54. The molecule has 9 heteroatoms. The zero-order valence-corrected chi connectivity index (χ0v) is 19.5. The molecular weight excluding hydrogens is 440 g/mol. The number of methoxy groups -OCH3 is 1. The van der Waals surface area contributed by atoms with E-state index >= 15 is 0 Å². The molecule has 0 amide bonds. The summed E-state index contributed by atoms with van der Waals surface area (Å²) in [5, 5.41) is 22.0. The van der Waals surface area contributed by atoms with Crippen molar-refractivity contribution in [3.05, 3.63) is 58.1 Å². The molecule has 2 aliphatic rings. The van der Waals surface area contributed by atoms with Gasteiger partial charge in [0, 0.05) is 31.3 Å². The van der Waals surface area contributed by atoms with Gasteiger partial charge in [0.05, 0.1) is 30.0 Å². The van der Waals surface area contributed by atoms with E-state index in [1.807, 2.05) is 32.0 Å². The average Bonchev–Trinajstić information content (AvgIpc) is 2.81. The van der Waals surface area contributed by atoms with E-state index in [0.717, 1.165) is 24.0 Å². The van der Waals surface area contributed by atoms with Crippen molar-refractivity contribution in [2.45, 2.75) is 51.8 Å². The van der Waals surface area contributed by atoms with Gasteiger partial charge in [-0.2, -0.15) is 0 Å². The number of carbonyl (C=O) groups excluding carboxylic acids is 1. The highest BCUT2D eigenvalue weighted by Gasteiger charge is 2.35. The summed E-state index contributed by atoms with van der Waals surface area (Å²) in [6, 6.07) is 8.69. The number of fused-ring (bicyclic) bond motifs is 1. The van der Waals surface area contributed by atoms with E-state index in [4.69, 9.17) is 14.2 Å². The average molecular weight is 471 g/mol. The number of likely N-dealkylation sites (tertiary alicyclic amines) is 1. The third-order valence-corrected chi connectivity index (χ3v) is 6.47. The van der Waals surface area contributed by atoms with Gasteiger partial charge in [0.1, 0.15) is 5.75 Å². The van der Waals surface area contributed by atoms with Crippen molar-refractivity contribution in [3.8, 4) is 5.75 Å². The Labute approximate surface area is 198 Å². The number of nitrogens with one attached hydrogen (secondary N) is 1. The summed E-state index contributed by atoms with van der Waals surface area (Å²) in [5.74, 6) is -1.01. The highest BCUT2D eigenvalue weighted by Crippen LogP contribution is 2.40. The topological polar surface area (TPSA) is 118 Å². The van der Waals surface area contributed by atoms with Crippen LogP contribution in [0, 0.1) is 6.92 Å². The number of hydrogen-bond acceptors (Lipinski definition) is 8. The maximum Gasteiger partial charge on any atom is 0.344 e. The van der Waals surface area contributed by atoms with Gasteiger partial charge >= 0.3 is 11.9 Å². The van der Waals surface area contributed by atoms with E-state index in [1.165, 1.54) is 0 Å². The number of carboxylic acids is 1. The van der Waals surface area contributed by atoms with Crippen molar-refractivity contribution in [2.75, 3.05) is 25.6 Å². The molecule has 1 fully saturated rings. The number of ether oxygens (including phenoxy) is 3. The summed E-state index contributed by atoms with van der Waals surface area (Å²) in [7, 11) is 1.56. The molecule has 0 radical (unpaired) electrons. The van der Waals surface area contributed by atoms with Gasteiger partial charge in [-0.3, -0.25) is 4.90 Å². The minimum absolute atomic E-state index is 0.0482. The van der Waals surface area contributed by atoms with Crippen molar-refractivity contribution in [1.82, 2.24) is 4.90 Å². The number of aliphatic hydroxyl groups is 1. The summed E-state index contributed by atoms with van der Waals surface area (Å²) in [6.07, 6.45) is 0.247. The first-order valence-electron chi connectivity index (χ1n) is 11.4. The zero-order chi connectivity index (χ0) is 24.4. The minimum Gasteiger partial charge on any atom is -0.496 e. The van der Waals surface area contributed by atoms with Gasteiger partial charge in [0.25, 0.3) is 6.41 Å². The predicted molar refractivity (Wildman–Crippen MR) is 124 cm³/mol. The van der Waals surface area contributed by atoms with Gasteiger partial charge in [-0.25, -0.2) is 9.59 Å². The second-order valence-electron chi connectivity index (χ2n) is 8.54. The highest BCUT2D eigenvalue weighted by molar-refractivity contribution is 6.00. The number of benzene rings is 2. The van der Waals surface area contributed by atoms with Gasteiger partial charge in [-0.05, 0) is 56.0 Å². The van der Waals surface area contributed by atoms with Crippen molar-refractivity contribution < 1.29 is 34.0 Å². The molecular formula is C25H30N2O7. The zero-order valence-electron chi connectivity index (χ0n) is 19.5. The number of hydrogen-bond donors (Lipinski definition) is 3. The Balaban J connectivity index is 1.72. The van der Waals surface area contributed by atoms with E-state index in [1.54, 1.807) is 19.2 Å². The lowest BCUT2D eigenvalue weighted by Crippen LogP contribution is -2.40. The molecule has 3 atom stereocenters. The van der Waals surface area contributed by atoms with Crippen LogP contribution in [0.2, 0.25) is 0 Å². The Morgan fingerprint density at radius 2 is 2.03 bits per heavy atom. The third-order valence-electron chi connectivity index (χ3n) is 6.47. The number of nitrogens with zero attached hydrogens (tertiary/aromatic N) is 1. The number of aryl methyl sites for hydroxylation is 1. The molecule has 0 spiro atoms. The van der Waals surface area contributed by atoms with E-state index in [-0.39, 0.29) is 17.7 Å². The SMILES string of the molecule is CCO[C@H]1CCN(Cc2c(OC)cc(C)c3c2C(=O)OC(O)N3)[C@H](c2ccc(C(=O)O)cc2)C1. The second-order valence-corrected chi connectivity index (χ2v) is 8.54.